The number of rotatable bonds is 5. The van der Waals surface area contributed by atoms with Gasteiger partial charge in [0.25, 0.3) is 0 Å². The summed E-state index contributed by atoms with van der Waals surface area (Å²) in [6, 6.07) is 5.28. The minimum Gasteiger partial charge on any atom is -0.366 e. The van der Waals surface area contributed by atoms with Crippen LogP contribution in [0.1, 0.15) is 40.8 Å². The number of amides is 1. The highest BCUT2D eigenvalue weighted by Crippen LogP contribution is 2.28. The fraction of sp³-hybridized carbons (Fsp3) is 0.389. The van der Waals surface area contributed by atoms with Gasteiger partial charge in [0, 0.05) is 50.2 Å². The van der Waals surface area contributed by atoms with E-state index in [1.807, 2.05) is 24.0 Å². The molecule has 0 unspecified atom stereocenters. The van der Waals surface area contributed by atoms with E-state index in [9.17, 15) is 4.79 Å². The SMILES string of the molecule is Cn1c(Cn2cccn2)nnc1[C@@H]1CCCN(c2cc(C(N)=O)ccn2)C1. The topological polar surface area (TPSA) is 108 Å². The van der Waals surface area contributed by atoms with Gasteiger partial charge in [0.15, 0.2) is 5.82 Å². The largest absolute Gasteiger partial charge is 0.366 e. The lowest BCUT2D eigenvalue weighted by molar-refractivity contribution is 0.1000. The quantitative estimate of drug-likeness (QED) is 0.720. The third-order valence-electron chi connectivity index (χ3n) is 5.00. The van der Waals surface area contributed by atoms with Gasteiger partial charge in [-0.25, -0.2) is 4.98 Å². The zero-order valence-electron chi connectivity index (χ0n) is 15.2. The zero-order chi connectivity index (χ0) is 18.8. The van der Waals surface area contributed by atoms with Crippen LogP contribution in [0.3, 0.4) is 0 Å². The van der Waals surface area contributed by atoms with Crippen molar-refractivity contribution in [3.63, 3.8) is 0 Å². The summed E-state index contributed by atoms with van der Waals surface area (Å²) in [5.74, 6) is 2.42. The molecule has 3 aromatic heterocycles. The van der Waals surface area contributed by atoms with Crippen LogP contribution in [-0.4, -0.2) is 48.5 Å². The molecule has 0 spiro atoms. The minimum absolute atomic E-state index is 0.252. The number of hydrogen-bond acceptors (Lipinski definition) is 6. The molecule has 0 aromatic carbocycles. The molecule has 0 radical (unpaired) electrons. The maximum atomic E-state index is 11.4. The van der Waals surface area contributed by atoms with Crippen molar-refractivity contribution in [2.24, 2.45) is 12.8 Å². The number of primary amides is 1. The zero-order valence-corrected chi connectivity index (χ0v) is 15.2. The van der Waals surface area contributed by atoms with E-state index >= 15 is 0 Å². The van der Waals surface area contributed by atoms with Crippen molar-refractivity contribution in [2.75, 3.05) is 18.0 Å². The molecule has 140 valence electrons. The number of nitrogens with zero attached hydrogens (tertiary/aromatic N) is 7. The Kier molecular flexibility index (Phi) is 4.57. The number of piperidine rings is 1. The summed E-state index contributed by atoms with van der Waals surface area (Å²) in [5, 5.41) is 13.0. The summed E-state index contributed by atoms with van der Waals surface area (Å²) in [5.41, 5.74) is 5.87. The summed E-state index contributed by atoms with van der Waals surface area (Å²) in [7, 11) is 2.00. The highest BCUT2D eigenvalue weighted by atomic mass is 16.1. The van der Waals surface area contributed by atoms with Crippen LogP contribution >= 0.6 is 0 Å². The molecular weight excluding hydrogens is 344 g/mol. The first kappa shape index (κ1) is 17.2. The summed E-state index contributed by atoms with van der Waals surface area (Å²) < 4.78 is 3.89. The van der Waals surface area contributed by atoms with E-state index in [4.69, 9.17) is 5.73 Å². The summed E-state index contributed by atoms with van der Waals surface area (Å²) in [4.78, 5) is 18.0. The molecule has 1 saturated heterocycles. The molecule has 1 aliphatic heterocycles. The van der Waals surface area contributed by atoms with Crippen LogP contribution in [0.25, 0.3) is 0 Å². The van der Waals surface area contributed by atoms with Crippen LogP contribution in [0, 0.1) is 0 Å². The highest BCUT2D eigenvalue weighted by Gasteiger charge is 2.27. The van der Waals surface area contributed by atoms with Gasteiger partial charge in [0.2, 0.25) is 5.91 Å². The number of hydrogen-bond donors (Lipinski definition) is 1. The van der Waals surface area contributed by atoms with Crippen LogP contribution in [-0.2, 0) is 13.6 Å². The number of anilines is 1. The van der Waals surface area contributed by atoms with Crippen molar-refractivity contribution in [3.8, 4) is 0 Å². The molecule has 3 aromatic rings. The molecule has 2 N–H and O–H groups in total. The standard InChI is InChI=1S/C18H22N8O/c1-24-16(12-26-9-3-6-21-26)22-23-18(24)14-4-2-8-25(11-14)15-10-13(17(19)27)5-7-20-15/h3,5-7,9-10,14H,2,4,8,11-12H2,1H3,(H2,19,27)/t14-/m1/s1. The predicted molar refractivity (Wildman–Crippen MR) is 99.3 cm³/mol. The van der Waals surface area contributed by atoms with Crippen molar-refractivity contribution in [1.82, 2.24) is 29.5 Å². The molecule has 1 fully saturated rings. The Balaban J connectivity index is 1.52. The fourth-order valence-electron chi connectivity index (χ4n) is 3.55. The van der Waals surface area contributed by atoms with Crippen LogP contribution in [0.2, 0.25) is 0 Å². The molecular formula is C18H22N8O. The van der Waals surface area contributed by atoms with E-state index in [0.717, 1.165) is 43.4 Å². The van der Waals surface area contributed by atoms with Gasteiger partial charge in [-0.3, -0.25) is 9.48 Å². The van der Waals surface area contributed by atoms with Gasteiger partial charge in [-0.2, -0.15) is 5.10 Å². The van der Waals surface area contributed by atoms with E-state index in [1.54, 1.807) is 24.5 Å². The first-order valence-electron chi connectivity index (χ1n) is 8.98. The number of carbonyl (C=O) groups is 1. The second kappa shape index (κ2) is 7.18. The predicted octanol–water partition coefficient (Wildman–Crippen LogP) is 0.938. The van der Waals surface area contributed by atoms with Gasteiger partial charge < -0.3 is 15.2 Å². The summed E-state index contributed by atoms with van der Waals surface area (Å²) in [6.07, 6.45) is 7.36. The molecule has 27 heavy (non-hydrogen) atoms. The van der Waals surface area contributed by atoms with Gasteiger partial charge in [-0.1, -0.05) is 0 Å². The summed E-state index contributed by atoms with van der Waals surface area (Å²) in [6.45, 7) is 2.27. The molecule has 9 heteroatoms. The third kappa shape index (κ3) is 3.53. The lowest BCUT2D eigenvalue weighted by Gasteiger charge is -2.33. The Morgan fingerprint density at radius 3 is 3.00 bits per heavy atom. The Morgan fingerprint density at radius 1 is 1.33 bits per heavy atom. The lowest BCUT2D eigenvalue weighted by Crippen LogP contribution is -2.36. The average molecular weight is 366 g/mol. The molecule has 4 heterocycles. The second-order valence-corrected chi connectivity index (χ2v) is 6.79. The maximum absolute atomic E-state index is 11.4. The van der Waals surface area contributed by atoms with Crippen molar-refractivity contribution in [1.29, 1.82) is 0 Å². The number of aromatic nitrogens is 6. The second-order valence-electron chi connectivity index (χ2n) is 6.79. The smallest absolute Gasteiger partial charge is 0.248 e. The lowest BCUT2D eigenvalue weighted by atomic mass is 9.97. The average Bonchev–Trinajstić information content (AvgIpc) is 3.33. The first-order valence-corrected chi connectivity index (χ1v) is 8.98. The monoisotopic (exact) mass is 366 g/mol. The van der Waals surface area contributed by atoms with Gasteiger partial charge in [-0.15, -0.1) is 10.2 Å². The van der Waals surface area contributed by atoms with Gasteiger partial charge >= 0.3 is 0 Å². The number of carbonyl (C=O) groups excluding carboxylic acids is 1. The van der Waals surface area contributed by atoms with E-state index < -0.39 is 5.91 Å². The Hall–Kier alpha value is -3.23. The van der Waals surface area contributed by atoms with Crippen LogP contribution in [0.5, 0.6) is 0 Å². The molecule has 0 aliphatic carbocycles. The molecule has 4 rings (SSSR count). The van der Waals surface area contributed by atoms with Crippen LogP contribution in [0.15, 0.2) is 36.8 Å². The van der Waals surface area contributed by atoms with Crippen LogP contribution in [0.4, 0.5) is 5.82 Å². The van der Waals surface area contributed by atoms with Gasteiger partial charge in [-0.05, 0) is 31.0 Å². The molecule has 1 amide bonds. The fourth-order valence-corrected chi connectivity index (χ4v) is 3.55. The normalized spacial score (nSPS) is 17.2. The molecule has 0 bridgehead atoms. The van der Waals surface area contributed by atoms with Crippen molar-refractivity contribution in [3.05, 3.63) is 54.0 Å². The van der Waals surface area contributed by atoms with E-state index in [0.29, 0.717) is 12.1 Å². The maximum Gasteiger partial charge on any atom is 0.248 e. The summed E-state index contributed by atoms with van der Waals surface area (Å²) >= 11 is 0. The van der Waals surface area contributed by atoms with Crippen molar-refractivity contribution < 1.29 is 4.79 Å². The Labute approximate surface area is 156 Å². The third-order valence-corrected chi connectivity index (χ3v) is 5.00. The number of pyridine rings is 1. The Bertz CT molecular complexity index is 933. The van der Waals surface area contributed by atoms with Crippen molar-refractivity contribution >= 4 is 11.7 Å². The van der Waals surface area contributed by atoms with E-state index in [-0.39, 0.29) is 5.92 Å². The van der Waals surface area contributed by atoms with Gasteiger partial charge in [0.05, 0.1) is 0 Å². The van der Waals surface area contributed by atoms with E-state index in [1.165, 1.54) is 0 Å². The molecule has 1 aliphatic rings. The molecule has 0 saturated carbocycles. The molecule has 1 atom stereocenters. The number of nitrogens with two attached hydrogens (primary N) is 1. The van der Waals surface area contributed by atoms with Gasteiger partial charge in [0.1, 0.15) is 18.2 Å². The van der Waals surface area contributed by atoms with E-state index in [2.05, 4.69) is 29.7 Å². The first-order chi connectivity index (χ1) is 13.1. The minimum atomic E-state index is -0.441. The van der Waals surface area contributed by atoms with Crippen LogP contribution < -0.4 is 10.6 Å². The van der Waals surface area contributed by atoms with Crippen molar-refractivity contribution in [2.45, 2.75) is 25.3 Å². The highest BCUT2D eigenvalue weighted by molar-refractivity contribution is 5.93. The Morgan fingerprint density at radius 2 is 2.22 bits per heavy atom. The molecule has 9 nitrogen and oxygen atoms in total.